The maximum Gasteiger partial charge on any atom is 0.387 e. The van der Waals surface area contributed by atoms with Crippen LogP contribution in [0.15, 0.2) is 30.3 Å². The zero-order chi connectivity index (χ0) is 20.3. The number of nitrogens with one attached hydrogen (secondary N) is 2. The van der Waals surface area contributed by atoms with Crippen LogP contribution in [-0.4, -0.2) is 35.0 Å². The van der Waals surface area contributed by atoms with Crippen LogP contribution >= 0.6 is 0 Å². The maximum absolute atomic E-state index is 12.7. The van der Waals surface area contributed by atoms with Crippen molar-refractivity contribution < 1.29 is 27.9 Å². The number of amides is 4. The summed E-state index contributed by atoms with van der Waals surface area (Å²) < 4.78 is 28.5. The molecule has 1 aliphatic heterocycles. The van der Waals surface area contributed by atoms with Crippen LogP contribution in [-0.2, 0) is 9.59 Å². The van der Waals surface area contributed by atoms with Crippen molar-refractivity contribution in [1.29, 1.82) is 0 Å². The molecule has 1 saturated heterocycles. The monoisotopic (exact) mass is 393 g/mol. The number of alkyl halides is 2. The molecule has 7 nitrogen and oxygen atoms in total. The normalized spacial score (nSPS) is 24.9. The minimum Gasteiger partial charge on any atom is -0.435 e. The highest BCUT2D eigenvalue weighted by atomic mass is 19.3. The first-order valence-electron chi connectivity index (χ1n) is 8.99. The molecule has 2 N–H and O–H groups in total. The number of urea groups is 1. The molecule has 1 heterocycles. The highest BCUT2D eigenvalue weighted by Gasteiger charge is 2.52. The Kier molecular flexibility index (Phi) is 5.62. The molecule has 0 bridgehead atoms. The average molecular weight is 393 g/mol. The van der Waals surface area contributed by atoms with Crippen LogP contribution in [0, 0.1) is 5.92 Å². The molecule has 28 heavy (non-hydrogen) atoms. The maximum atomic E-state index is 12.7. The van der Waals surface area contributed by atoms with Crippen LogP contribution in [0.4, 0.5) is 13.6 Å². The molecular weight excluding hydrogens is 372 g/mol. The first-order chi connectivity index (χ1) is 13.3. The van der Waals surface area contributed by atoms with Crippen LogP contribution in [0.2, 0.25) is 0 Å². The number of hydrazine groups is 1. The van der Waals surface area contributed by atoms with Crippen molar-refractivity contribution in [1.82, 2.24) is 15.8 Å². The molecule has 0 atom stereocenters. The Morgan fingerprint density at radius 3 is 2.54 bits per heavy atom. The lowest BCUT2D eigenvalue weighted by Gasteiger charge is -2.33. The molecule has 2 aliphatic rings. The van der Waals surface area contributed by atoms with Crippen molar-refractivity contribution in [3.8, 4) is 5.75 Å². The van der Waals surface area contributed by atoms with E-state index in [1.54, 1.807) is 0 Å². The smallest absolute Gasteiger partial charge is 0.387 e. The third-order valence-electron chi connectivity index (χ3n) is 5.04. The van der Waals surface area contributed by atoms with Crippen molar-refractivity contribution in [2.24, 2.45) is 5.92 Å². The second kappa shape index (κ2) is 7.95. The SMILES string of the molecule is CC1CCC2(CC1)NC(=O)N(NC(=O)/C=C/c1ccc(OC(F)F)cc1)C2=O. The Morgan fingerprint density at radius 1 is 1.29 bits per heavy atom. The van der Waals surface area contributed by atoms with E-state index < -0.39 is 30.0 Å². The van der Waals surface area contributed by atoms with E-state index in [-0.39, 0.29) is 5.75 Å². The van der Waals surface area contributed by atoms with Gasteiger partial charge in [-0.1, -0.05) is 19.1 Å². The van der Waals surface area contributed by atoms with Crippen molar-refractivity contribution in [3.05, 3.63) is 35.9 Å². The van der Waals surface area contributed by atoms with E-state index in [0.717, 1.165) is 23.9 Å². The van der Waals surface area contributed by atoms with Crippen LogP contribution in [0.5, 0.6) is 5.75 Å². The Balaban J connectivity index is 1.59. The van der Waals surface area contributed by atoms with E-state index in [9.17, 15) is 23.2 Å². The summed E-state index contributed by atoms with van der Waals surface area (Å²) in [6.45, 7) is -0.808. The molecule has 2 fully saturated rings. The number of carbonyl (C=O) groups excluding carboxylic acids is 3. The van der Waals surface area contributed by atoms with Crippen molar-refractivity contribution >= 4 is 23.9 Å². The number of halogens is 2. The van der Waals surface area contributed by atoms with Gasteiger partial charge in [0.25, 0.3) is 11.8 Å². The summed E-state index contributed by atoms with van der Waals surface area (Å²) in [6, 6.07) is 5.03. The van der Waals surface area contributed by atoms with Gasteiger partial charge in [-0.15, -0.1) is 0 Å². The Bertz CT molecular complexity index is 787. The predicted molar refractivity (Wildman–Crippen MR) is 96.0 cm³/mol. The highest BCUT2D eigenvalue weighted by molar-refractivity contribution is 6.08. The number of hydrogen-bond acceptors (Lipinski definition) is 4. The summed E-state index contributed by atoms with van der Waals surface area (Å²) in [7, 11) is 0. The Hall–Kier alpha value is -2.97. The molecule has 150 valence electrons. The van der Waals surface area contributed by atoms with Crippen LogP contribution in [0.3, 0.4) is 0 Å². The van der Waals surface area contributed by atoms with E-state index in [1.165, 1.54) is 30.3 Å². The summed E-state index contributed by atoms with van der Waals surface area (Å²) in [6.07, 6.45) is 5.34. The van der Waals surface area contributed by atoms with Gasteiger partial charge < -0.3 is 10.1 Å². The second-order valence-corrected chi connectivity index (χ2v) is 7.09. The average Bonchev–Trinajstić information content (AvgIpc) is 2.87. The van der Waals surface area contributed by atoms with E-state index >= 15 is 0 Å². The Morgan fingerprint density at radius 2 is 1.93 bits per heavy atom. The van der Waals surface area contributed by atoms with E-state index in [4.69, 9.17) is 0 Å². The summed E-state index contributed by atoms with van der Waals surface area (Å²) in [4.78, 5) is 36.9. The third kappa shape index (κ3) is 4.29. The molecule has 3 rings (SSSR count). The number of rotatable bonds is 5. The fraction of sp³-hybridized carbons (Fsp3) is 0.421. The fourth-order valence-corrected chi connectivity index (χ4v) is 3.40. The number of carbonyl (C=O) groups is 3. The second-order valence-electron chi connectivity index (χ2n) is 7.09. The molecule has 0 aromatic heterocycles. The zero-order valence-corrected chi connectivity index (χ0v) is 15.3. The molecule has 0 radical (unpaired) electrons. The number of imide groups is 1. The molecule has 4 amide bonds. The number of hydrogen-bond donors (Lipinski definition) is 2. The molecule has 0 unspecified atom stereocenters. The Labute approximate surface area is 160 Å². The molecule has 9 heteroatoms. The lowest BCUT2D eigenvalue weighted by atomic mass is 9.77. The summed E-state index contributed by atoms with van der Waals surface area (Å²) in [5, 5.41) is 3.44. The third-order valence-corrected chi connectivity index (χ3v) is 5.04. The zero-order valence-electron chi connectivity index (χ0n) is 15.3. The van der Waals surface area contributed by atoms with Gasteiger partial charge in [0.05, 0.1) is 0 Å². The fourth-order valence-electron chi connectivity index (χ4n) is 3.40. The topological polar surface area (TPSA) is 87.7 Å². The quantitative estimate of drug-likeness (QED) is 0.595. The minimum atomic E-state index is -2.91. The first-order valence-corrected chi connectivity index (χ1v) is 8.99. The van der Waals surface area contributed by atoms with Crippen molar-refractivity contribution in [2.75, 3.05) is 0 Å². The van der Waals surface area contributed by atoms with Gasteiger partial charge in [0.15, 0.2) is 0 Å². The molecule has 1 aromatic carbocycles. The first kappa shape index (κ1) is 19.8. The van der Waals surface area contributed by atoms with Crippen LogP contribution < -0.4 is 15.5 Å². The highest BCUT2D eigenvalue weighted by Crippen LogP contribution is 2.35. The van der Waals surface area contributed by atoms with Gasteiger partial charge in [0.2, 0.25) is 0 Å². The van der Waals surface area contributed by atoms with Gasteiger partial charge in [0.1, 0.15) is 11.3 Å². The van der Waals surface area contributed by atoms with Gasteiger partial charge in [-0.3, -0.25) is 15.0 Å². The molecule has 1 aliphatic carbocycles. The van der Waals surface area contributed by atoms with Gasteiger partial charge in [-0.2, -0.15) is 13.8 Å². The molecule has 1 aromatic rings. The van der Waals surface area contributed by atoms with E-state index in [0.29, 0.717) is 24.3 Å². The number of nitrogens with zero attached hydrogens (tertiary/aromatic N) is 1. The number of benzene rings is 1. The van der Waals surface area contributed by atoms with E-state index in [2.05, 4.69) is 22.4 Å². The van der Waals surface area contributed by atoms with Crippen molar-refractivity contribution in [2.45, 2.75) is 44.8 Å². The summed E-state index contributed by atoms with van der Waals surface area (Å²) in [5.41, 5.74) is 1.92. The van der Waals surface area contributed by atoms with Gasteiger partial charge in [-0.25, -0.2) is 4.79 Å². The largest absolute Gasteiger partial charge is 0.435 e. The van der Waals surface area contributed by atoms with Crippen LogP contribution in [0.25, 0.3) is 6.08 Å². The summed E-state index contributed by atoms with van der Waals surface area (Å²) in [5.74, 6) is -0.597. The van der Waals surface area contributed by atoms with Gasteiger partial charge >= 0.3 is 12.6 Å². The molecule has 1 saturated carbocycles. The molecular formula is C19H21F2N3O4. The standard InChI is InChI=1S/C19H21F2N3O4/c1-12-8-10-19(11-9-12)16(26)24(18(27)22-19)23-15(25)7-4-13-2-5-14(6-3-13)28-17(20)21/h2-7,12,17H,8-11H2,1H3,(H,22,27)(H,23,25)/b7-4+. The van der Waals surface area contributed by atoms with Gasteiger partial charge in [-0.05, 0) is 55.4 Å². The molecule has 1 spiro atoms. The minimum absolute atomic E-state index is 0.00281. The lowest BCUT2D eigenvalue weighted by molar-refractivity contribution is -0.138. The lowest BCUT2D eigenvalue weighted by Crippen LogP contribution is -2.51. The van der Waals surface area contributed by atoms with Crippen LogP contribution in [0.1, 0.15) is 38.2 Å². The predicted octanol–water partition coefficient (Wildman–Crippen LogP) is 2.83. The summed E-state index contributed by atoms with van der Waals surface area (Å²) >= 11 is 0. The van der Waals surface area contributed by atoms with E-state index in [1.807, 2.05) is 0 Å². The van der Waals surface area contributed by atoms with Gasteiger partial charge in [0, 0.05) is 6.08 Å². The van der Waals surface area contributed by atoms with Crippen molar-refractivity contribution in [3.63, 3.8) is 0 Å². The number of ether oxygens (including phenoxy) is 1.